The van der Waals surface area contributed by atoms with Crippen LogP contribution >= 0.6 is 0 Å². The number of hydrogen-bond donors (Lipinski definition) is 1. The first-order valence-corrected chi connectivity index (χ1v) is 6.46. The summed E-state index contributed by atoms with van der Waals surface area (Å²) in [5, 5.41) is 0. The average molecular weight is 252 g/mol. The van der Waals surface area contributed by atoms with Crippen molar-refractivity contribution in [1.29, 1.82) is 0 Å². The van der Waals surface area contributed by atoms with Gasteiger partial charge in [0.15, 0.2) is 0 Å². The number of anilines is 1. The molecule has 0 aliphatic rings. The highest BCUT2D eigenvalue weighted by Crippen LogP contribution is 2.25. The quantitative estimate of drug-likeness (QED) is 0.719. The Kier molecular flexibility index (Phi) is 6.54. The number of methoxy groups -OCH3 is 1. The molecule has 0 amide bonds. The number of nitrogens with zero attached hydrogens (tertiary/aromatic N) is 1. The van der Waals surface area contributed by atoms with Gasteiger partial charge in [-0.05, 0) is 25.5 Å². The first-order chi connectivity index (χ1) is 8.76. The maximum atomic E-state index is 5.79. The molecule has 0 spiro atoms. The van der Waals surface area contributed by atoms with Crippen LogP contribution in [0.15, 0.2) is 18.2 Å². The van der Waals surface area contributed by atoms with Crippen LogP contribution in [0.5, 0.6) is 5.75 Å². The molecule has 0 heterocycles. The summed E-state index contributed by atoms with van der Waals surface area (Å²) in [6.45, 7) is 7.94. The number of nitrogens with two attached hydrogens (primary N) is 1. The maximum absolute atomic E-state index is 5.79. The SMILES string of the molecule is CCOCCN(CC)c1cc(OC)ccc1CN. The summed E-state index contributed by atoms with van der Waals surface area (Å²) >= 11 is 0. The third-order valence-electron chi connectivity index (χ3n) is 2.94. The second-order valence-electron chi connectivity index (χ2n) is 3.98. The molecule has 1 aromatic rings. The molecule has 18 heavy (non-hydrogen) atoms. The van der Waals surface area contributed by atoms with Crippen LogP contribution in [0.4, 0.5) is 5.69 Å². The summed E-state index contributed by atoms with van der Waals surface area (Å²) in [5.41, 5.74) is 8.06. The van der Waals surface area contributed by atoms with E-state index in [0.29, 0.717) is 6.54 Å². The summed E-state index contributed by atoms with van der Waals surface area (Å²) in [7, 11) is 1.68. The lowest BCUT2D eigenvalue weighted by Crippen LogP contribution is -2.28. The fourth-order valence-corrected chi connectivity index (χ4v) is 1.91. The van der Waals surface area contributed by atoms with Crippen LogP contribution in [-0.4, -0.2) is 33.4 Å². The lowest BCUT2D eigenvalue weighted by molar-refractivity contribution is 0.154. The number of ether oxygens (including phenoxy) is 2. The van der Waals surface area contributed by atoms with Crippen LogP contribution in [0.1, 0.15) is 19.4 Å². The molecule has 0 unspecified atom stereocenters. The first kappa shape index (κ1) is 14.8. The molecule has 0 atom stereocenters. The number of rotatable bonds is 8. The van der Waals surface area contributed by atoms with Crippen molar-refractivity contribution in [1.82, 2.24) is 0 Å². The van der Waals surface area contributed by atoms with E-state index in [2.05, 4.69) is 11.8 Å². The molecule has 0 saturated heterocycles. The minimum absolute atomic E-state index is 0.532. The molecule has 0 aliphatic heterocycles. The molecular formula is C14H24N2O2. The van der Waals surface area contributed by atoms with Crippen molar-refractivity contribution in [3.63, 3.8) is 0 Å². The zero-order valence-electron chi connectivity index (χ0n) is 11.6. The molecule has 0 aliphatic carbocycles. The molecule has 0 aromatic heterocycles. The van der Waals surface area contributed by atoms with Crippen molar-refractivity contribution < 1.29 is 9.47 Å². The fraction of sp³-hybridized carbons (Fsp3) is 0.571. The molecule has 0 radical (unpaired) electrons. The summed E-state index contributed by atoms with van der Waals surface area (Å²) in [4.78, 5) is 2.26. The van der Waals surface area contributed by atoms with Gasteiger partial charge in [0.05, 0.1) is 13.7 Å². The lowest BCUT2D eigenvalue weighted by Gasteiger charge is -2.25. The first-order valence-electron chi connectivity index (χ1n) is 6.46. The largest absolute Gasteiger partial charge is 0.497 e. The zero-order chi connectivity index (χ0) is 13.4. The Morgan fingerprint density at radius 2 is 2.06 bits per heavy atom. The van der Waals surface area contributed by atoms with Crippen LogP contribution in [0.2, 0.25) is 0 Å². The summed E-state index contributed by atoms with van der Waals surface area (Å²) < 4.78 is 10.7. The Balaban J connectivity index is 2.87. The van der Waals surface area contributed by atoms with Crippen LogP contribution in [0, 0.1) is 0 Å². The zero-order valence-corrected chi connectivity index (χ0v) is 11.6. The highest BCUT2D eigenvalue weighted by Gasteiger charge is 2.10. The Hall–Kier alpha value is -1.26. The fourth-order valence-electron chi connectivity index (χ4n) is 1.91. The van der Waals surface area contributed by atoms with Gasteiger partial charge in [0, 0.05) is 38.0 Å². The van der Waals surface area contributed by atoms with Crippen molar-refractivity contribution >= 4 is 5.69 Å². The average Bonchev–Trinajstić information content (AvgIpc) is 2.43. The van der Waals surface area contributed by atoms with Gasteiger partial charge < -0.3 is 20.1 Å². The summed E-state index contributed by atoms with van der Waals surface area (Å²) in [5.74, 6) is 0.858. The summed E-state index contributed by atoms with van der Waals surface area (Å²) in [6.07, 6.45) is 0. The minimum atomic E-state index is 0.532. The molecule has 0 saturated carbocycles. The van der Waals surface area contributed by atoms with Gasteiger partial charge in [0.2, 0.25) is 0 Å². The maximum Gasteiger partial charge on any atom is 0.120 e. The molecule has 102 valence electrons. The molecule has 2 N–H and O–H groups in total. The van der Waals surface area contributed by atoms with Crippen molar-refractivity contribution in [3.05, 3.63) is 23.8 Å². The highest BCUT2D eigenvalue weighted by atomic mass is 16.5. The van der Waals surface area contributed by atoms with Crippen LogP contribution in [-0.2, 0) is 11.3 Å². The Morgan fingerprint density at radius 3 is 2.61 bits per heavy atom. The Labute approximate surface area is 110 Å². The van der Waals surface area contributed by atoms with Gasteiger partial charge in [-0.2, -0.15) is 0 Å². The molecule has 4 nitrogen and oxygen atoms in total. The van der Waals surface area contributed by atoms with Crippen molar-refractivity contribution in [3.8, 4) is 5.75 Å². The van der Waals surface area contributed by atoms with Crippen LogP contribution in [0.25, 0.3) is 0 Å². The van der Waals surface area contributed by atoms with Gasteiger partial charge in [-0.15, -0.1) is 0 Å². The number of hydrogen-bond acceptors (Lipinski definition) is 4. The van der Waals surface area contributed by atoms with Crippen LogP contribution in [0.3, 0.4) is 0 Å². The molecular weight excluding hydrogens is 228 g/mol. The van der Waals surface area contributed by atoms with Crippen molar-refractivity contribution in [2.24, 2.45) is 5.73 Å². The second kappa shape index (κ2) is 7.95. The third-order valence-corrected chi connectivity index (χ3v) is 2.94. The van der Waals surface area contributed by atoms with E-state index in [1.54, 1.807) is 7.11 Å². The standard InChI is InChI=1S/C14H24N2O2/c1-4-16(8-9-18-5-2)14-10-13(17-3)7-6-12(14)11-15/h6-7,10H,4-5,8-9,11,15H2,1-3H3. The van der Waals surface area contributed by atoms with Crippen LogP contribution < -0.4 is 15.4 Å². The van der Waals surface area contributed by atoms with E-state index in [4.69, 9.17) is 15.2 Å². The molecule has 4 heteroatoms. The topological polar surface area (TPSA) is 47.7 Å². The predicted molar refractivity (Wildman–Crippen MR) is 75.3 cm³/mol. The minimum Gasteiger partial charge on any atom is -0.497 e. The number of likely N-dealkylation sites (N-methyl/N-ethyl adjacent to an activating group) is 1. The highest BCUT2D eigenvalue weighted by molar-refractivity contribution is 5.57. The van der Waals surface area contributed by atoms with Gasteiger partial charge in [-0.3, -0.25) is 0 Å². The van der Waals surface area contributed by atoms with E-state index in [9.17, 15) is 0 Å². The Bertz CT molecular complexity index is 356. The van der Waals surface area contributed by atoms with E-state index in [1.807, 2.05) is 25.1 Å². The van der Waals surface area contributed by atoms with Crippen molar-refractivity contribution in [2.75, 3.05) is 38.3 Å². The number of benzene rings is 1. The van der Waals surface area contributed by atoms with E-state index in [1.165, 1.54) is 0 Å². The third kappa shape index (κ3) is 3.89. The van der Waals surface area contributed by atoms with E-state index in [0.717, 1.165) is 43.3 Å². The molecule has 1 aromatic carbocycles. The van der Waals surface area contributed by atoms with Gasteiger partial charge in [0.25, 0.3) is 0 Å². The predicted octanol–water partition coefficient (Wildman–Crippen LogP) is 2.02. The van der Waals surface area contributed by atoms with Crippen molar-refractivity contribution in [2.45, 2.75) is 20.4 Å². The van der Waals surface area contributed by atoms with Gasteiger partial charge in [-0.25, -0.2) is 0 Å². The molecule has 0 bridgehead atoms. The van der Waals surface area contributed by atoms with E-state index >= 15 is 0 Å². The van der Waals surface area contributed by atoms with Gasteiger partial charge >= 0.3 is 0 Å². The lowest BCUT2D eigenvalue weighted by atomic mass is 10.1. The van der Waals surface area contributed by atoms with Gasteiger partial charge in [0.1, 0.15) is 5.75 Å². The Morgan fingerprint density at radius 1 is 1.28 bits per heavy atom. The molecule has 1 rings (SSSR count). The smallest absolute Gasteiger partial charge is 0.120 e. The van der Waals surface area contributed by atoms with Gasteiger partial charge in [-0.1, -0.05) is 6.07 Å². The second-order valence-corrected chi connectivity index (χ2v) is 3.98. The molecule has 0 fully saturated rings. The summed E-state index contributed by atoms with van der Waals surface area (Å²) in [6, 6.07) is 6.01. The monoisotopic (exact) mass is 252 g/mol. The normalized spacial score (nSPS) is 10.4. The van der Waals surface area contributed by atoms with E-state index in [-0.39, 0.29) is 0 Å². The van der Waals surface area contributed by atoms with E-state index < -0.39 is 0 Å².